The quantitative estimate of drug-likeness (QED) is 0.824. The van der Waals surface area contributed by atoms with E-state index < -0.39 is 10.0 Å². The Morgan fingerprint density at radius 2 is 2.11 bits per heavy atom. The molecular weight excluding hydrogens is 315 g/mol. The van der Waals surface area contributed by atoms with Crippen LogP contribution in [0.5, 0.6) is 0 Å². The molecule has 0 saturated carbocycles. The Hall–Kier alpha value is -1.35. The van der Waals surface area contributed by atoms with Gasteiger partial charge in [-0.2, -0.15) is 4.98 Å². The van der Waals surface area contributed by atoms with Crippen molar-refractivity contribution in [1.29, 1.82) is 0 Å². The molecule has 7 nitrogen and oxygen atoms in total. The molecule has 0 spiro atoms. The number of nitrogen functional groups attached to an aromatic ring is 1. The van der Waals surface area contributed by atoms with Crippen molar-refractivity contribution in [1.82, 2.24) is 14.9 Å². The summed E-state index contributed by atoms with van der Waals surface area (Å²) < 4.78 is 30.9. The first-order chi connectivity index (χ1) is 8.90. The molecule has 0 unspecified atom stereocenters. The topological polar surface area (TPSA) is 111 Å². The van der Waals surface area contributed by atoms with E-state index in [2.05, 4.69) is 19.4 Å². The van der Waals surface area contributed by atoms with Crippen LogP contribution in [0.25, 0.3) is 0 Å². The van der Waals surface area contributed by atoms with Gasteiger partial charge < -0.3 is 10.3 Å². The molecule has 102 valence electrons. The normalized spacial score (nSPS) is 11.7. The number of nitrogens with one attached hydrogen (secondary N) is 1. The highest BCUT2D eigenvalue weighted by molar-refractivity contribution is 7.89. The zero-order valence-corrected chi connectivity index (χ0v) is 11.6. The summed E-state index contributed by atoms with van der Waals surface area (Å²) in [5.41, 5.74) is 5.58. The molecule has 0 aliphatic heterocycles. The van der Waals surface area contributed by atoms with Crippen LogP contribution in [0.15, 0.2) is 27.9 Å². The first kappa shape index (κ1) is 14.1. The van der Waals surface area contributed by atoms with Gasteiger partial charge >= 0.3 is 0 Å². The lowest BCUT2D eigenvalue weighted by atomic mass is 10.3. The van der Waals surface area contributed by atoms with E-state index in [-0.39, 0.29) is 33.0 Å². The maximum atomic E-state index is 12.1. The summed E-state index contributed by atoms with van der Waals surface area (Å²) in [4.78, 5) is 3.45. The Bertz CT molecular complexity index is 664. The minimum absolute atomic E-state index is 0.0434. The fourth-order valence-electron chi connectivity index (χ4n) is 1.37. The van der Waals surface area contributed by atoms with Crippen LogP contribution in [0.3, 0.4) is 0 Å². The number of benzene rings is 1. The van der Waals surface area contributed by atoms with E-state index >= 15 is 0 Å². The van der Waals surface area contributed by atoms with Crippen LogP contribution in [-0.4, -0.2) is 18.6 Å². The number of rotatable bonds is 4. The van der Waals surface area contributed by atoms with Gasteiger partial charge in [0.2, 0.25) is 16.4 Å². The van der Waals surface area contributed by atoms with Crippen LogP contribution in [0.2, 0.25) is 10.0 Å². The molecule has 0 saturated heterocycles. The number of halogens is 2. The molecule has 0 fully saturated rings. The van der Waals surface area contributed by atoms with Gasteiger partial charge in [-0.05, 0) is 12.1 Å². The summed E-state index contributed by atoms with van der Waals surface area (Å²) in [6.07, 6.45) is 1.09. The van der Waals surface area contributed by atoms with Gasteiger partial charge in [0.1, 0.15) is 4.90 Å². The third-order valence-electron chi connectivity index (χ3n) is 2.13. The number of anilines is 1. The average Bonchev–Trinajstić information content (AvgIpc) is 2.77. The first-order valence-corrected chi connectivity index (χ1v) is 7.13. The Morgan fingerprint density at radius 1 is 1.37 bits per heavy atom. The van der Waals surface area contributed by atoms with Crippen LogP contribution in [-0.2, 0) is 16.6 Å². The minimum Gasteiger partial charge on any atom is -0.398 e. The number of nitrogens with zero attached hydrogens (tertiary/aromatic N) is 2. The SMILES string of the molecule is Nc1cc(Cl)cc(Cl)c1S(=O)(=O)NCc1ncon1. The molecule has 0 atom stereocenters. The molecule has 0 aliphatic rings. The van der Waals surface area contributed by atoms with Crippen LogP contribution < -0.4 is 10.5 Å². The standard InChI is InChI=1S/C9H8Cl2N4O3S/c10-5-1-6(11)9(7(12)2-5)19(16,17)14-3-8-13-4-18-15-8/h1-2,4,14H,3,12H2. The Kier molecular flexibility index (Phi) is 3.95. The van der Waals surface area contributed by atoms with Crippen LogP contribution in [0, 0.1) is 0 Å². The molecule has 2 aromatic rings. The highest BCUT2D eigenvalue weighted by Gasteiger charge is 2.22. The van der Waals surface area contributed by atoms with Crippen molar-refractivity contribution >= 4 is 38.9 Å². The van der Waals surface area contributed by atoms with E-state index in [1.54, 1.807) is 0 Å². The molecule has 1 aromatic carbocycles. The lowest BCUT2D eigenvalue weighted by Gasteiger charge is -2.10. The van der Waals surface area contributed by atoms with Gasteiger partial charge in [-0.3, -0.25) is 0 Å². The van der Waals surface area contributed by atoms with Crippen molar-refractivity contribution in [2.75, 3.05) is 5.73 Å². The summed E-state index contributed by atoms with van der Waals surface area (Å²) in [5.74, 6) is 0.187. The first-order valence-electron chi connectivity index (χ1n) is 4.89. The van der Waals surface area contributed by atoms with Crippen molar-refractivity contribution in [3.63, 3.8) is 0 Å². The second kappa shape index (κ2) is 5.33. The van der Waals surface area contributed by atoms with Crippen molar-refractivity contribution in [3.8, 4) is 0 Å². The molecule has 0 aliphatic carbocycles. The number of hydrogen-bond acceptors (Lipinski definition) is 6. The third-order valence-corrected chi connectivity index (χ3v) is 4.28. The Labute approximate surface area is 118 Å². The Balaban J connectivity index is 2.29. The van der Waals surface area contributed by atoms with Gasteiger partial charge in [-0.15, -0.1) is 0 Å². The van der Waals surface area contributed by atoms with Crippen LogP contribution >= 0.6 is 23.2 Å². The molecule has 0 amide bonds. The zero-order valence-electron chi connectivity index (χ0n) is 9.30. The molecule has 1 aromatic heterocycles. The van der Waals surface area contributed by atoms with Crippen molar-refractivity contribution < 1.29 is 12.9 Å². The van der Waals surface area contributed by atoms with Crippen molar-refractivity contribution in [2.45, 2.75) is 11.4 Å². The lowest BCUT2D eigenvalue weighted by molar-refractivity contribution is 0.409. The van der Waals surface area contributed by atoms with Gasteiger partial charge in [0.25, 0.3) is 0 Å². The summed E-state index contributed by atoms with van der Waals surface area (Å²) in [6, 6.07) is 2.60. The number of sulfonamides is 1. The summed E-state index contributed by atoms with van der Waals surface area (Å²) in [5, 5.41) is 3.66. The van der Waals surface area contributed by atoms with E-state index in [1.165, 1.54) is 12.1 Å². The fraction of sp³-hybridized carbons (Fsp3) is 0.111. The van der Waals surface area contributed by atoms with E-state index in [4.69, 9.17) is 28.9 Å². The minimum atomic E-state index is -3.90. The highest BCUT2D eigenvalue weighted by atomic mass is 35.5. The van der Waals surface area contributed by atoms with Gasteiger partial charge in [0, 0.05) is 5.02 Å². The predicted molar refractivity (Wildman–Crippen MR) is 69.2 cm³/mol. The highest BCUT2D eigenvalue weighted by Crippen LogP contribution is 2.30. The molecule has 10 heteroatoms. The van der Waals surface area contributed by atoms with Gasteiger partial charge in [0.05, 0.1) is 17.3 Å². The second-order valence-corrected chi connectivity index (χ2v) is 6.03. The maximum Gasteiger partial charge on any atom is 0.244 e. The average molecular weight is 323 g/mol. The number of hydrogen-bond donors (Lipinski definition) is 2. The number of aromatic nitrogens is 2. The fourth-order valence-corrected chi connectivity index (χ4v) is 3.33. The van der Waals surface area contributed by atoms with Crippen LogP contribution in [0.4, 0.5) is 5.69 Å². The summed E-state index contributed by atoms with van der Waals surface area (Å²) in [7, 11) is -3.90. The molecular formula is C9H8Cl2N4O3S. The van der Waals surface area contributed by atoms with E-state index in [0.717, 1.165) is 6.39 Å². The predicted octanol–water partition coefficient (Wildman–Crippen LogP) is 1.44. The number of nitrogens with two attached hydrogens (primary N) is 1. The largest absolute Gasteiger partial charge is 0.398 e. The van der Waals surface area contributed by atoms with Crippen LogP contribution in [0.1, 0.15) is 5.82 Å². The van der Waals surface area contributed by atoms with Crippen molar-refractivity contribution in [3.05, 3.63) is 34.4 Å². The second-order valence-electron chi connectivity index (χ2n) is 3.48. The van der Waals surface area contributed by atoms with Gasteiger partial charge in [-0.1, -0.05) is 28.4 Å². The third kappa shape index (κ3) is 3.16. The Morgan fingerprint density at radius 3 is 2.68 bits per heavy atom. The smallest absolute Gasteiger partial charge is 0.244 e. The lowest BCUT2D eigenvalue weighted by Crippen LogP contribution is -2.25. The molecule has 0 radical (unpaired) electrons. The summed E-state index contributed by atoms with van der Waals surface area (Å²) in [6.45, 7) is -0.142. The monoisotopic (exact) mass is 322 g/mol. The van der Waals surface area contributed by atoms with E-state index in [1.807, 2.05) is 0 Å². The van der Waals surface area contributed by atoms with Gasteiger partial charge in [-0.25, -0.2) is 13.1 Å². The van der Waals surface area contributed by atoms with E-state index in [0.29, 0.717) is 0 Å². The molecule has 1 heterocycles. The van der Waals surface area contributed by atoms with E-state index in [9.17, 15) is 8.42 Å². The summed E-state index contributed by atoms with van der Waals surface area (Å²) >= 11 is 11.6. The van der Waals surface area contributed by atoms with Crippen molar-refractivity contribution in [2.24, 2.45) is 0 Å². The molecule has 3 N–H and O–H groups in total. The van der Waals surface area contributed by atoms with Gasteiger partial charge in [0.15, 0.2) is 5.82 Å². The molecule has 0 bridgehead atoms. The maximum absolute atomic E-state index is 12.1. The molecule has 2 rings (SSSR count). The zero-order chi connectivity index (χ0) is 14.0. The molecule has 19 heavy (non-hydrogen) atoms.